The van der Waals surface area contributed by atoms with Crippen molar-refractivity contribution < 1.29 is 9.90 Å². The molecule has 0 aromatic carbocycles. The number of allylic oxidation sites excluding steroid dienone is 1. The zero-order valence-electron chi connectivity index (χ0n) is 5.96. The lowest BCUT2D eigenvalue weighted by molar-refractivity contribution is -0.145. The molecular weight excluding hydrogens is 164 g/mol. The Labute approximate surface area is 69.9 Å². The Balaban J connectivity index is 2.38. The fourth-order valence-electron chi connectivity index (χ4n) is 2.04. The van der Waals surface area contributed by atoms with Gasteiger partial charge in [-0.1, -0.05) is 12.2 Å². The quantitative estimate of drug-likeness (QED) is 0.482. The lowest BCUT2D eigenvalue weighted by Gasteiger charge is -2.22. The predicted octanol–water partition coefficient (Wildman–Crippen LogP) is 1.64. The first-order valence-corrected chi connectivity index (χ1v) is 4.15. The highest BCUT2D eigenvalue weighted by molar-refractivity contribution is 6.23. The number of hydrogen-bond acceptors (Lipinski definition) is 1. The third-order valence-corrected chi connectivity index (χ3v) is 3.30. The lowest BCUT2D eigenvalue weighted by Crippen LogP contribution is -2.32. The second-order valence-corrected chi connectivity index (χ2v) is 3.90. The number of aliphatic carboxylic acids is 1. The van der Waals surface area contributed by atoms with Crippen LogP contribution < -0.4 is 0 Å². The molecule has 60 valence electrons. The van der Waals surface area contributed by atoms with Gasteiger partial charge in [-0.2, -0.15) is 0 Å². The molecule has 0 saturated heterocycles. The average Bonchev–Trinajstić information content (AvgIpc) is 2.43. The topological polar surface area (TPSA) is 37.3 Å². The zero-order chi connectivity index (χ0) is 8.06. The molecule has 0 aromatic rings. The third kappa shape index (κ3) is 0.761. The van der Waals surface area contributed by atoms with E-state index in [1.807, 2.05) is 6.08 Å². The molecule has 3 heteroatoms. The summed E-state index contributed by atoms with van der Waals surface area (Å²) in [7, 11) is 0. The Morgan fingerprint density at radius 1 is 1.73 bits per heavy atom. The highest BCUT2D eigenvalue weighted by Gasteiger charge is 2.53. The summed E-state index contributed by atoms with van der Waals surface area (Å²) < 4.78 is 0. The SMILES string of the molecule is O=C(O)[C@]12C=C[C@H](C[C@@H]1Cl)C2. The molecular formula is C8H9ClO2. The molecule has 0 aliphatic heterocycles. The largest absolute Gasteiger partial charge is 0.481 e. The van der Waals surface area contributed by atoms with Crippen molar-refractivity contribution in [1.29, 1.82) is 0 Å². The van der Waals surface area contributed by atoms with Gasteiger partial charge in [-0.3, -0.25) is 4.79 Å². The van der Waals surface area contributed by atoms with Crippen LogP contribution >= 0.6 is 11.6 Å². The second kappa shape index (κ2) is 2.01. The predicted molar refractivity (Wildman–Crippen MR) is 41.6 cm³/mol. The minimum absolute atomic E-state index is 0.199. The van der Waals surface area contributed by atoms with Gasteiger partial charge in [0, 0.05) is 0 Å². The first-order valence-electron chi connectivity index (χ1n) is 3.72. The molecule has 2 aliphatic carbocycles. The standard InChI is InChI=1S/C8H9ClO2/c9-6-3-5-1-2-8(6,4-5)7(10)11/h1-2,5-6H,3-4H2,(H,10,11)/t5-,6+,8+/m1/s1. The average molecular weight is 173 g/mol. The van der Waals surface area contributed by atoms with Gasteiger partial charge in [0.1, 0.15) is 5.41 Å². The molecule has 0 amide bonds. The Hall–Kier alpha value is -0.500. The lowest BCUT2D eigenvalue weighted by atomic mass is 9.88. The summed E-state index contributed by atoms with van der Waals surface area (Å²) in [6.07, 6.45) is 5.27. The molecule has 0 aromatic heterocycles. The van der Waals surface area contributed by atoms with Crippen molar-refractivity contribution in [3.8, 4) is 0 Å². The monoisotopic (exact) mass is 172 g/mol. The molecule has 2 rings (SSSR count). The van der Waals surface area contributed by atoms with Crippen molar-refractivity contribution >= 4 is 17.6 Å². The van der Waals surface area contributed by atoms with Gasteiger partial charge in [-0.15, -0.1) is 11.6 Å². The highest BCUT2D eigenvalue weighted by atomic mass is 35.5. The van der Waals surface area contributed by atoms with Crippen LogP contribution in [-0.2, 0) is 4.79 Å². The molecule has 11 heavy (non-hydrogen) atoms. The van der Waals surface area contributed by atoms with Crippen LogP contribution in [0.1, 0.15) is 12.8 Å². The highest BCUT2D eigenvalue weighted by Crippen LogP contribution is 2.51. The molecule has 0 heterocycles. The summed E-state index contributed by atoms with van der Waals surface area (Å²) in [5, 5.41) is 8.73. The summed E-state index contributed by atoms with van der Waals surface area (Å²) in [5.41, 5.74) is -0.730. The Bertz CT molecular complexity index is 236. The van der Waals surface area contributed by atoms with Crippen molar-refractivity contribution in [3.63, 3.8) is 0 Å². The maximum absolute atomic E-state index is 10.9. The van der Waals surface area contributed by atoms with E-state index in [0.717, 1.165) is 6.42 Å². The van der Waals surface area contributed by atoms with Crippen LogP contribution in [0.4, 0.5) is 0 Å². The number of carbonyl (C=O) groups is 1. The van der Waals surface area contributed by atoms with Crippen molar-refractivity contribution in [3.05, 3.63) is 12.2 Å². The fourth-order valence-corrected chi connectivity index (χ4v) is 2.52. The maximum atomic E-state index is 10.9. The number of rotatable bonds is 1. The molecule has 3 atom stereocenters. The van der Waals surface area contributed by atoms with Gasteiger partial charge >= 0.3 is 5.97 Å². The molecule has 1 saturated carbocycles. The van der Waals surface area contributed by atoms with Gasteiger partial charge in [-0.25, -0.2) is 0 Å². The van der Waals surface area contributed by atoms with Gasteiger partial charge in [0.25, 0.3) is 0 Å². The van der Waals surface area contributed by atoms with E-state index in [-0.39, 0.29) is 5.38 Å². The van der Waals surface area contributed by atoms with Crippen molar-refractivity contribution in [2.75, 3.05) is 0 Å². The van der Waals surface area contributed by atoms with Crippen LogP contribution in [0, 0.1) is 11.3 Å². The van der Waals surface area contributed by atoms with E-state index in [1.54, 1.807) is 6.08 Å². The summed E-state index contributed by atoms with van der Waals surface area (Å²) in [6.45, 7) is 0. The van der Waals surface area contributed by atoms with E-state index in [0.29, 0.717) is 12.3 Å². The van der Waals surface area contributed by atoms with Gasteiger partial charge in [0.05, 0.1) is 5.38 Å². The number of carboxylic acids is 1. The van der Waals surface area contributed by atoms with Crippen LogP contribution in [0.3, 0.4) is 0 Å². The molecule has 1 N–H and O–H groups in total. The van der Waals surface area contributed by atoms with E-state index in [2.05, 4.69) is 0 Å². The van der Waals surface area contributed by atoms with E-state index in [9.17, 15) is 4.79 Å². The Morgan fingerprint density at radius 3 is 2.73 bits per heavy atom. The maximum Gasteiger partial charge on any atom is 0.315 e. The van der Waals surface area contributed by atoms with Gasteiger partial charge in [-0.05, 0) is 18.8 Å². The van der Waals surface area contributed by atoms with Gasteiger partial charge in [0.2, 0.25) is 0 Å². The summed E-state index contributed by atoms with van der Waals surface area (Å²) in [4.78, 5) is 10.9. The van der Waals surface area contributed by atoms with E-state index in [1.165, 1.54) is 0 Å². The first kappa shape index (κ1) is 7.17. The molecule has 0 radical (unpaired) electrons. The minimum Gasteiger partial charge on any atom is -0.481 e. The van der Waals surface area contributed by atoms with Gasteiger partial charge in [0.15, 0.2) is 0 Å². The van der Waals surface area contributed by atoms with Crippen LogP contribution in [0.2, 0.25) is 0 Å². The summed E-state index contributed by atoms with van der Waals surface area (Å²) in [5.74, 6) is -0.359. The molecule has 0 spiro atoms. The van der Waals surface area contributed by atoms with E-state index < -0.39 is 11.4 Å². The zero-order valence-corrected chi connectivity index (χ0v) is 6.71. The normalized spacial score (nSPS) is 46.6. The van der Waals surface area contributed by atoms with Gasteiger partial charge < -0.3 is 5.11 Å². The smallest absolute Gasteiger partial charge is 0.315 e. The van der Waals surface area contributed by atoms with E-state index >= 15 is 0 Å². The van der Waals surface area contributed by atoms with Crippen molar-refractivity contribution in [2.24, 2.45) is 11.3 Å². The molecule has 2 bridgehead atoms. The minimum atomic E-state index is -0.770. The number of hydrogen-bond donors (Lipinski definition) is 1. The summed E-state index contributed by atoms with van der Waals surface area (Å²) in [6, 6.07) is 0. The van der Waals surface area contributed by atoms with E-state index in [4.69, 9.17) is 16.7 Å². The first-order chi connectivity index (χ1) is 5.15. The number of halogens is 1. The van der Waals surface area contributed by atoms with Crippen LogP contribution in [0.25, 0.3) is 0 Å². The van der Waals surface area contributed by atoms with Crippen molar-refractivity contribution in [2.45, 2.75) is 18.2 Å². The number of carboxylic acid groups (broad SMARTS) is 1. The molecule has 0 unspecified atom stereocenters. The van der Waals surface area contributed by atoms with Crippen LogP contribution in [0.15, 0.2) is 12.2 Å². The second-order valence-electron chi connectivity index (χ2n) is 3.37. The third-order valence-electron chi connectivity index (χ3n) is 2.73. The molecule has 2 aliphatic rings. The molecule has 1 fully saturated rings. The molecule has 2 nitrogen and oxygen atoms in total. The number of fused-ring (bicyclic) bond motifs is 2. The van der Waals surface area contributed by atoms with Crippen LogP contribution in [-0.4, -0.2) is 16.5 Å². The number of alkyl halides is 1. The van der Waals surface area contributed by atoms with Crippen molar-refractivity contribution in [1.82, 2.24) is 0 Å². The summed E-state index contributed by atoms with van der Waals surface area (Å²) >= 11 is 5.93. The van der Waals surface area contributed by atoms with Crippen LogP contribution in [0.5, 0.6) is 0 Å². The Kier molecular flexibility index (Phi) is 1.31. The fraction of sp³-hybridized carbons (Fsp3) is 0.625. The Morgan fingerprint density at radius 2 is 2.45 bits per heavy atom.